The van der Waals surface area contributed by atoms with Gasteiger partial charge in [0.2, 0.25) is 5.91 Å². The van der Waals surface area contributed by atoms with E-state index in [1.54, 1.807) is 0 Å². The van der Waals surface area contributed by atoms with Gasteiger partial charge in [-0.25, -0.2) is 4.98 Å². The molecule has 6 heteroatoms. The molecule has 1 aliphatic heterocycles. The third-order valence-electron chi connectivity index (χ3n) is 5.08. The summed E-state index contributed by atoms with van der Waals surface area (Å²) < 4.78 is 0. The van der Waals surface area contributed by atoms with Crippen LogP contribution < -0.4 is 10.6 Å². The maximum Gasteiger partial charge on any atom is 0.239 e. The Bertz CT molecular complexity index is 824. The van der Waals surface area contributed by atoms with Gasteiger partial charge in [-0.1, -0.05) is 19.1 Å². The first kappa shape index (κ1) is 19.3. The van der Waals surface area contributed by atoms with Gasteiger partial charge in [-0.2, -0.15) is 0 Å². The number of allylic oxidation sites excluding steroid dienone is 1. The van der Waals surface area contributed by atoms with Gasteiger partial charge in [0, 0.05) is 44.8 Å². The molecule has 144 valence electrons. The third kappa shape index (κ3) is 5.05. The topological polar surface area (TPSA) is 60.5 Å². The largest absolute Gasteiger partial charge is 0.394 e. The fraction of sp³-hybridized carbons (Fsp3) is 0.429. The first-order valence-electron chi connectivity index (χ1n) is 9.58. The molecular weight excluding hydrogens is 338 g/mol. The fourth-order valence-electron chi connectivity index (χ4n) is 3.40. The van der Waals surface area contributed by atoms with Crippen molar-refractivity contribution in [2.45, 2.75) is 13.8 Å². The zero-order valence-corrected chi connectivity index (χ0v) is 16.5. The molecule has 2 aromatic rings. The molecule has 0 radical (unpaired) electrons. The minimum atomic E-state index is -0.00536. The van der Waals surface area contributed by atoms with Crippen LogP contribution in [0.1, 0.15) is 19.4 Å². The number of hydrogen-bond donors (Lipinski definition) is 2. The van der Waals surface area contributed by atoms with Gasteiger partial charge in [-0.3, -0.25) is 9.69 Å². The first-order valence-corrected chi connectivity index (χ1v) is 9.58. The zero-order valence-electron chi connectivity index (χ0n) is 16.5. The third-order valence-corrected chi connectivity index (χ3v) is 5.08. The van der Waals surface area contributed by atoms with Crippen molar-refractivity contribution in [2.24, 2.45) is 0 Å². The average molecular weight is 367 g/mol. The minimum Gasteiger partial charge on any atom is -0.394 e. The van der Waals surface area contributed by atoms with E-state index >= 15 is 0 Å². The number of nitrogens with zero attached hydrogens (tertiary/aromatic N) is 3. The van der Waals surface area contributed by atoms with E-state index in [0.29, 0.717) is 12.4 Å². The average Bonchev–Trinajstić information content (AvgIpc) is 2.68. The predicted molar refractivity (Wildman–Crippen MR) is 112 cm³/mol. The second kappa shape index (κ2) is 8.97. The molecule has 0 bridgehead atoms. The molecule has 1 aromatic carbocycles. The van der Waals surface area contributed by atoms with Gasteiger partial charge in [0.1, 0.15) is 5.82 Å². The highest BCUT2D eigenvalue weighted by molar-refractivity contribution is 5.94. The molecule has 0 unspecified atom stereocenters. The van der Waals surface area contributed by atoms with Crippen LogP contribution in [0.15, 0.2) is 36.7 Å². The first-order chi connectivity index (χ1) is 13.1. The summed E-state index contributed by atoms with van der Waals surface area (Å²) in [6.45, 7) is 9.67. The second-order valence-corrected chi connectivity index (χ2v) is 7.01. The Morgan fingerprint density at radius 1 is 1.15 bits per heavy atom. The van der Waals surface area contributed by atoms with Crippen LogP contribution in [-0.4, -0.2) is 67.0 Å². The normalized spacial score (nSPS) is 16.5. The second-order valence-electron chi connectivity index (χ2n) is 7.01. The van der Waals surface area contributed by atoms with Crippen molar-refractivity contribution in [2.75, 3.05) is 51.6 Å². The Kier molecular flexibility index (Phi) is 6.42. The summed E-state index contributed by atoms with van der Waals surface area (Å²) >= 11 is 0. The summed E-state index contributed by atoms with van der Waals surface area (Å²) in [6.07, 6.45) is 3.79. The lowest BCUT2D eigenvalue weighted by atomic mass is 10.0. The molecular formula is C21H29N5O. The van der Waals surface area contributed by atoms with Crippen molar-refractivity contribution in [1.29, 1.82) is 0 Å². The van der Waals surface area contributed by atoms with Crippen LogP contribution in [0.2, 0.25) is 0 Å². The Balaban J connectivity index is 1.66. The summed E-state index contributed by atoms with van der Waals surface area (Å²) in [5.41, 5.74) is 2.31. The van der Waals surface area contributed by atoms with Gasteiger partial charge in [-0.15, -0.1) is 0 Å². The molecule has 0 aliphatic carbocycles. The van der Waals surface area contributed by atoms with E-state index in [-0.39, 0.29) is 5.91 Å². The molecule has 1 fully saturated rings. The summed E-state index contributed by atoms with van der Waals surface area (Å²) in [5.74, 6) is 0.598. The van der Waals surface area contributed by atoms with E-state index in [9.17, 15) is 4.79 Å². The molecule has 0 spiro atoms. The highest BCUT2D eigenvalue weighted by Gasteiger charge is 2.18. The van der Waals surface area contributed by atoms with Gasteiger partial charge >= 0.3 is 0 Å². The number of aromatic nitrogens is 1. The highest BCUT2D eigenvalue weighted by Crippen LogP contribution is 2.22. The molecule has 2 N–H and O–H groups in total. The molecule has 0 saturated carbocycles. The van der Waals surface area contributed by atoms with Gasteiger partial charge in [0.25, 0.3) is 0 Å². The number of benzene rings is 1. The molecule has 2 heterocycles. The van der Waals surface area contributed by atoms with Crippen LogP contribution in [0.5, 0.6) is 0 Å². The number of hydrogen-bond acceptors (Lipinski definition) is 5. The van der Waals surface area contributed by atoms with E-state index in [1.165, 1.54) is 0 Å². The van der Waals surface area contributed by atoms with Gasteiger partial charge < -0.3 is 15.5 Å². The molecule has 1 saturated heterocycles. The maximum absolute atomic E-state index is 12.4. The molecule has 6 nitrogen and oxygen atoms in total. The van der Waals surface area contributed by atoms with Gasteiger partial charge in [0.05, 0.1) is 6.54 Å². The van der Waals surface area contributed by atoms with Crippen LogP contribution in [0.4, 0.5) is 5.82 Å². The van der Waals surface area contributed by atoms with Crippen LogP contribution in [0.3, 0.4) is 0 Å². The van der Waals surface area contributed by atoms with E-state index in [0.717, 1.165) is 54.6 Å². The summed E-state index contributed by atoms with van der Waals surface area (Å²) in [5, 5.41) is 8.13. The van der Waals surface area contributed by atoms with Crippen molar-refractivity contribution in [3.8, 4) is 0 Å². The lowest BCUT2D eigenvalue weighted by molar-refractivity contribution is -0.117. The van der Waals surface area contributed by atoms with Crippen molar-refractivity contribution >= 4 is 28.1 Å². The Labute approximate surface area is 161 Å². The predicted octanol–water partition coefficient (Wildman–Crippen LogP) is 2.39. The van der Waals surface area contributed by atoms with Crippen LogP contribution >= 0.6 is 0 Å². The molecule has 1 amide bonds. The molecule has 0 atom stereocenters. The number of pyridine rings is 1. The summed E-state index contributed by atoms with van der Waals surface area (Å²) in [7, 11) is 1.89. The fourth-order valence-corrected chi connectivity index (χ4v) is 3.40. The van der Waals surface area contributed by atoms with E-state index in [4.69, 9.17) is 0 Å². The SMILES string of the molecule is CCN1CCN(CC(=O)Nc2cc3cc(/C(C)=C/NC)ccc3cn2)CC1. The van der Waals surface area contributed by atoms with Crippen molar-refractivity contribution in [1.82, 2.24) is 20.1 Å². The molecule has 27 heavy (non-hydrogen) atoms. The van der Waals surface area contributed by atoms with Gasteiger partial charge in [-0.05, 0) is 48.3 Å². The smallest absolute Gasteiger partial charge is 0.239 e. The standard InChI is InChI=1S/C21H29N5O/c1-4-25-7-9-26(10-8-25)15-21(27)24-20-12-19-11-17(16(2)13-22-3)5-6-18(19)14-23-20/h5-6,11-14,22H,4,7-10,15H2,1-3H3,(H,23,24,27)/b16-13+. The molecule has 1 aromatic heterocycles. The number of carbonyl (C=O) groups excluding carboxylic acids is 1. The number of carbonyl (C=O) groups is 1. The number of nitrogens with one attached hydrogen (secondary N) is 2. The highest BCUT2D eigenvalue weighted by atomic mass is 16.2. The number of likely N-dealkylation sites (N-methyl/N-ethyl adjacent to an activating group) is 1. The number of fused-ring (bicyclic) bond motifs is 1. The van der Waals surface area contributed by atoms with Crippen LogP contribution in [0, 0.1) is 0 Å². The van der Waals surface area contributed by atoms with Crippen molar-refractivity contribution in [3.05, 3.63) is 42.2 Å². The zero-order chi connectivity index (χ0) is 19.2. The number of rotatable bonds is 6. The van der Waals surface area contributed by atoms with Crippen molar-refractivity contribution < 1.29 is 4.79 Å². The molecule has 1 aliphatic rings. The Morgan fingerprint density at radius 3 is 2.59 bits per heavy atom. The monoisotopic (exact) mass is 367 g/mol. The lowest BCUT2D eigenvalue weighted by Crippen LogP contribution is -2.48. The van der Waals surface area contributed by atoms with E-state index < -0.39 is 0 Å². The minimum absolute atomic E-state index is 0.00536. The van der Waals surface area contributed by atoms with E-state index in [1.807, 2.05) is 25.5 Å². The Morgan fingerprint density at radius 2 is 1.89 bits per heavy atom. The molecule has 3 rings (SSSR count). The van der Waals surface area contributed by atoms with Crippen molar-refractivity contribution in [3.63, 3.8) is 0 Å². The lowest BCUT2D eigenvalue weighted by Gasteiger charge is -2.33. The Hall–Kier alpha value is -2.44. The number of amides is 1. The van der Waals surface area contributed by atoms with Crippen LogP contribution in [-0.2, 0) is 4.79 Å². The number of anilines is 1. The maximum atomic E-state index is 12.4. The quantitative estimate of drug-likeness (QED) is 0.821. The summed E-state index contributed by atoms with van der Waals surface area (Å²) in [4.78, 5) is 21.4. The van der Waals surface area contributed by atoms with Crippen LogP contribution in [0.25, 0.3) is 16.3 Å². The summed E-state index contributed by atoms with van der Waals surface area (Å²) in [6, 6.07) is 8.21. The van der Waals surface area contributed by atoms with E-state index in [2.05, 4.69) is 57.5 Å². The van der Waals surface area contributed by atoms with Gasteiger partial charge in [0.15, 0.2) is 0 Å². The number of piperazine rings is 1.